The molecule has 0 spiro atoms. The second-order valence-corrected chi connectivity index (χ2v) is 10.0. The monoisotopic (exact) mass is 308 g/mol. The molecule has 1 nitrogen and oxygen atoms in total. The largest absolute Gasteiger partial charge is 0.299 e. The fourth-order valence-corrected chi connectivity index (χ4v) is 2.93. The van der Waals surface area contributed by atoms with E-state index in [1.807, 2.05) is 0 Å². The quantitative estimate of drug-likeness (QED) is 0.450. The van der Waals surface area contributed by atoms with Crippen LogP contribution in [0.5, 0.6) is 0 Å². The lowest BCUT2D eigenvalue weighted by molar-refractivity contribution is -0.129. The smallest absolute Gasteiger partial charge is 0.138 e. The maximum Gasteiger partial charge on any atom is 0.138 e. The molecule has 0 atom stereocenters. The van der Waals surface area contributed by atoms with Crippen molar-refractivity contribution in [3.8, 4) is 0 Å². The van der Waals surface area contributed by atoms with Crippen LogP contribution in [-0.4, -0.2) is 5.78 Å². The Balaban J connectivity index is 5.07. The van der Waals surface area contributed by atoms with Crippen LogP contribution in [0.15, 0.2) is 12.2 Å². The molecule has 0 fully saturated rings. The minimum absolute atomic E-state index is 0.0714. The first-order valence-electron chi connectivity index (χ1n) is 8.86. The predicted molar refractivity (Wildman–Crippen MR) is 99.1 cm³/mol. The molecular formula is C21H40O. The van der Waals surface area contributed by atoms with Gasteiger partial charge in [0.05, 0.1) is 0 Å². The second-order valence-electron chi connectivity index (χ2n) is 10.0. The Hall–Kier alpha value is -0.590. The Morgan fingerprint density at radius 1 is 0.909 bits per heavy atom. The summed E-state index contributed by atoms with van der Waals surface area (Å²) in [6, 6.07) is 0. The summed E-state index contributed by atoms with van der Waals surface area (Å²) in [5.74, 6) is 0.401. The summed E-state index contributed by atoms with van der Waals surface area (Å²) in [5.41, 5.74) is 0.234. The predicted octanol–water partition coefficient (Wildman–Crippen LogP) is 6.82. The minimum Gasteiger partial charge on any atom is -0.299 e. The number of allylic oxidation sites excluding steroid dienone is 2. The van der Waals surface area contributed by atoms with Crippen LogP contribution in [0.2, 0.25) is 0 Å². The molecule has 0 unspecified atom stereocenters. The van der Waals surface area contributed by atoms with E-state index in [9.17, 15) is 4.79 Å². The zero-order valence-electron chi connectivity index (χ0n) is 16.9. The molecule has 0 saturated carbocycles. The van der Waals surface area contributed by atoms with E-state index in [4.69, 9.17) is 0 Å². The van der Waals surface area contributed by atoms with Gasteiger partial charge in [-0.3, -0.25) is 4.79 Å². The van der Waals surface area contributed by atoms with Crippen molar-refractivity contribution in [3.05, 3.63) is 12.2 Å². The summed E-state index contributed by atoms with van der Waals surface area (Å²) >= 11 is 0. The summed E-state index contributed by atoms with van der Waals surface area (Å²) in [6.07, 6.45) is 8.33. The van der Waals surface area contributed by atoms with E-state index in [2.05, 4.69) is 81.4 Å². The van der Waals surface area contributed by atoms with E-state index in [1.54, 1.807) is 0 Å². The lowest BCUT2D eigenvalue weighted by atomic mass is 9.60. The number of hydrogen-bond donors (Lipinski definition) is 0. The zero-order valence-corrected chi connectivity index (χ0v) is 16.9. The summed E-state index contributed by atoms with van der Waals surface area (Å²) < 4.78 is 0. The maximum atomic E-state index is 12.4. The number of carbonyl (C=O) groups is 1. The zero-order chi connectivity index (χ0) is 17.8. The summed E-state index contributed by atoms with van der Waals surface area (Å²) in [7, 11) is 0. The van der Waals surface area contributed by atoms with Crippen LogP contribution in [-0.2, 0) is 4.79 Å². The van der Waals surface area contributed by atoms with Crippen molar-refractivity contribution in [1.29, 1.82) is 0 Å². The van der Waals surface area contributed by atoms with Crippen LogP contribution in [0.4, 0.5) is 0 Å². The Morgan fingerprint density at radius 3 is 1.82 bits per heavy atom. The van der Waals surface area contributed by atoms with Crippen molar-refractivity contribution in [2.75, 3.05) is 0 Å². The van der Waals surface area contributed by atoms with E-state index in [0.717, 1.165) is 19.3 Å². The number of Topliss-reactive ketones (excluding diaryl/α,β-unsaturated/α-hetero) is 1. The van der Waals surface area contributed by atoms with Gasteiger partial charge in [-0.2, -0.15) is 0 Å². The van der Waals surface area contributed by atoms with Gasteiger partial charge in [-0.05, 0) is 35.5 Å². The SMILES string of the molecule is CCCC(=O)C(C)(C)CC(C)(C)C(C)(C)C=CCC(C)(C)C. The molecule has 0 radical (unpaired) electrons. The Kier molecular flexibility index (Phi) is 7.12. The highest BCUT2D eigenvalue weighted by Crippen LogP contribution is 2.48. The fourth-order valence-electron chi connectivity index (χ4n) is 2.93. The third-order valence-electron chi connectivity index (χ3n) is 5.12. The Morgan fingerprint density at radius 2 is 1.41 bits per heavy atom. The summed E-state index contributed by atoms with van der Waals surface area (Å²) in [5, 5.41) is 0. The van der Waals surface area contributed by atoms with Gasteiger partial charge in [0, 0.05) is 11.8 Å². The first-order valence-corrected chi connectivity index (χ1v) is 8.86. The molecule has 0 saturated heterocycles. The van der Waals surface area contributed by atoms with Crippen molar-refractivity contribution in [1.82, 2.24) is 0 Å². The highest BCUT2D eigenvalue weighted by Gasteiger charge is 2.41. The standard InChI is InChI=1S/C21H40O/c1-11-13-17(22)19(5,6)16-21(9,10)20(7,8)15-12-14-18(2,3)4/h12,15H,11,13-14,16H2,1-10H3. The van der Waals surface area contributed by atoms with Crippen molar-refractivity contribution >= 4 is 5.78 Å². The summed E-state index contributed by atoms with van der Waals surface area (Å²) in [4.78, 5) is 12.4. The normalized spacial score (nSPS) is 14.6. The summed E-state index contributed by atoms with van der Waals surface area (Å²) in [6.45, 7) is 22.3. The molecular weight excluding hydrogens is 268 g/mol. The van der Waals surface area contributed by atoms with Crippen LogP contribution in [0.1, 0.15) is 94.9 Å². The lowest BCUT2D eigenvalue weighted by Gasteiger charge is -2.44. The van der Waals surface area contributed by atoms with Crippen LogP contribution >= 0.6 is 0 Å². The van der Waals surface area contributed by atoms with Gasteiger partial charge in [0.15, 0.2) is 0 Å². The van der Waals surface area contributed by atoms with Crippen molar-refractivity contribution in [2.45, 2.75) is 94.9 Å². The molecule has 0 aromatic carbocycles. The Bertz CT molecular complexity index is 389. The van der Waals surface area contributed by atoms with Gasteiger partial charge in [0.1, 0.15) is 5.78 Å². The van der Waals surface area contributed by atoms with Crippen molar-refractivity contribution in [3.63, 3.8) is 0 Å². The first-order chi connectivity index (χ1) is 9.65. The average molecular weight is 309 g/mol. The van der Waals surface area contributed by atoms with E-state index >= 15 is 0 Å². The average Bonchev–Trinajstić information content (AvgIpc) is 2.25. The Labute approximate surface area is 140 Å². The number of rotatable bonds is 8. The molecule has 22 heavy (non-hydrogen) atoms. The molecule has 0 aromatic rings. The molecule has 0 aromatic heterocycles. The molecule has 0 aliphatic heterocycles. The van der Waals surface area contributed by atoms with E-state index in [1.165, 1.54) is 0 Å². The maximum absolute atomic E-state index is 12.4. The molecule has 0 aliphatic carbocycles. The topological polar surface area (TPSA) is 17.1 Å². The highest BCUT2D eigenvalue weighted by molar-refractivity contribution is 5.84. The van der Waals surface area contributed by atoms with E-state index in [0.29, 0.717) is 17.6 Å². The number of hydrogen-bond acceptors (Lipinski definition) is 1. The molecule has 0 aliphatic rings. The van der Waals surface area contributed by atoms with Crippen molar-refractivity contribution in [2.24, 2.45) is 21.7 Å². The molecule has 0 amide bonds. The van der Waals surface area contributed by atoms with Gasteiger partial charge in [-0.1, -0.05) is 81.4 Å². The van der Waals surface area contributed by atoms with E-state index in [-0.39, 0.29) is 16.2 Å². The minimum atomic E-state index is -0.241. The van der Waals surface area contributed by atoms with Gasteiger partial charge in [-0.25, -0.2) is 0 Å². The molecule has 0 rings (SSSR count). The van der Waals surface area contributed by atoms with Crippen LogP contribution < -0.4 is 0 Å². The first kappa shape index (κ1) is 21.4. The highest BCUT2D eigenvalue weighted by atomic mass is 16.1. The van der Waals surface area contributed by atoms with Crippen LogP contribution in [0.3, 0.4) is 0 Å². The molecule has 0 bridgehead atoms. The van der Waals surface area contributed by atoms with E-state index < -0.39 is 0 Å². The molecule has 0 heterocycles. The van der Waals surface area contributed by atoms with Gasteiger partial charge < -0.3 is 0 Å². The number of carbonyl (C=O) groups excluding carboxylic acids is 1. The van der Waals surface area contributed by atoms with Crippen LogP contribution in [0.25, 0.3) is 0 Å². The molecule has 1 heteroatoms. The van der Waals surface area contributed by atoms with Crippen LogP contribution in [0, 0.1) is 21.7 Å². The fraction of sp³-hybridized carbons (Fsp3) is 0.857. The van der Waals surface area contributed by atoms with Gasteiger partial charge >= 0.3 is 0 Å². The van der Waals surface area contributed by atoms with Crippen molar-refractivity contribution < 1.29 is 4.79 Å². The second kappa shape index (κ2) is 7.32. The number of ketones is 1. The third kappa shape index (κ3) is 6.67. The van der Waals surface area contributed by atoms with Gasteiger partial charge in [0.2, 0.25) is 0 Å². The third-order valence-corrected chi connectivity index (χ3v) is 5.12. The van der Waals surface area contributed by atoms with Gasteiger partial charge in [-0.15, -0.1) is 0 Å². The molecule has 0 N–H and O–H groups in total. The lowest BCUT2D eigenvalue weighted by Crippen LogP contribution is -2.38. The molecule has 130 valence electrons. The van der Waals surface area contributed by atoms with Gasteiger partial charge in [0.25, 0.3) is 0 Å².